The van der Waals surface area contributed by atoms with Crippen LogP contribution in [0, 0.1) is 6.92 Å². The first kappa shape index (κ1) is 8.75. The van der Waals surface area contributed by atoms with E-state index in [9.17, 15) is 0 Å². The highest BCUT2D eigenvalue weighted by atomic mass is 16.5. The molecule has 0 N–H and O–H groups in total. The predicted octanol–water partition coefficient (Wildman–Crippen LogP) is 1.97. The highest BCUT2D eigenvalue weighted by molar-refractivity contribution is 5.11. The van der Waals surface area contributed by atoms with Gasteiger partial charge in [0.15, 0.2) is 0 Å². The molecule has 0 amide bonds. The Morgan fingerprint density at radius 1 is 1.62 bits per heavy atom. The molecule has 0 atom stereocenters. The molecule has 1 saturated carbocycles. The van der Waals surface area contributed by atoms with E-state index in [1.165, 1.54) is 24.8 Å². The number of hydrogen-bond acceptors (Lipinski definition) is 3. The molecule has 1 aliphatic carbocycles. The molecule has 13 heavy (non-hydrogen) atoms. The van der Waals surface area contributed by atoms with Crippen LogP contribution in [0.3, 0.4) is 0 Å². The van der Waals surface area contributed by atoms with Crippen molar-refractivity contribution in [2.75, 3.05) is 7.05 Å². The fourth-order valence-corrected chi connectivity index (χ4v) is 1.70. The summed E-state index contributed by atoms with van der Waals surface area (Å²) in [5, 5.41) is 3.78. The van der Waals surface area contributed by atoms with Crippen molar-refractivity contribution in [3.05, 3.63) is 17.5 Å². The molecule has 3 nitrogen and oxygen atoms in total. The Morgan fingerprint density at radius 3 is 2.85 bits per heavy atom. The Kier molecular flexibility index (Phi) is 2.36. The molecule has 1 heterocycles. The van der Waals surface area contributed by atoms with Crippen molar-refractivity contribution in [1.29, 1.82) is 0 Å². The third-order valence-electron chi connectivity index (χ3n) is 2.97. The lowest BCUT2D eigenvalue weighted by Crippen LogP contribution is -2.36. The van der Waals surface area contributed by atoms with Gasteiger partial charge in [-0.15, -0.1) is 0 Å². The first-order chi connectivity index (χ1) is 6.27. The van der Waals surface area contributed by atoms with Crippen LogP contribution in [0.2, 0.25) is 0 Å². The van der Waals surface area contributed by atoms with E-state index in [2.05, 4.69) is 17.1 Å². The molecule has 0 saturated heterocycles. The second kappa shape index (κ2) is 3.50. The molecule has 0 aromatic carbocycles. The fourth-order valence-electron chi connectivity index (χ4n) is 1.70. The maximum Gasteiger partial charge on any atom is 0.138 e. The lowest BCUT2D eigenvalue weighted by molar-refractivity contribution is 0.152. The Morgan fingerprint density at radius 2 is 2.38 bits per heavy atom. The van der Waals surface area contributed by atoms with Gasteiger partial charge in [-0.05, 0) is 26.8 Å². The lowest BCUT2D eigenvalue weighted by Gasteiger charge is -2.34. The number of nitrogens with zero attached hydrogens (tertiary/aromatic N) is 2. The van der Waals surface area contributed by atoms with Crippen LogP contribution in [-0.2, 0) is 6.54 Å². The Balaban J connectivity index is 1.93. The minimum Gasteiger partial charge on any atom is -0.361 e. The maximum atomic E-state index is 5.02. The van der Waals surface area contributed by atoms with Gasteiger partial charge in [0.25, 0.3) is 0 Å². The zero-order chi connectivity index (χ0) is 9.26. The number of hydrogen-bond donors (Lipinski definition) is 0. The van der Waals surface area contributed by atoms with E-state index in [1.807, 2.05) is 13.1 Å². The number of rotatable bonds is 3. The molecule has 1 fully saturated rings. The van der Waals surface area contributed by atoms with Gasteiger partial charge in [0.1, 0.15) is 5.76 Å². The third kappa shape index (κ3) is 1.75. The van der Waals surface area contributed by atoms with E-state index < -0.39 is 0 Å². The molecule has 1 aliphatic rings. The predicted molar refractivity (Wildman–Crippen MR) is 50.3 cm³/mol. The smallest absolute Gasteiger partial charge is 0.138 e. The van der Waals surface area contributed by atoms with E-state index in [-0.39, 0.29) is 0 Å². The summed E-state index contributed by atoms with van der Waals surface area (Å²) in [7, 11) is 2.18. The summed E-state index contributed by atoms with van der Waals surface area (Å²) >= 11 is 0. The fraction of sp³-hybridized carbons (Fsp3) is 0.700. The van der Waals surface area contributed by atoms with Crippen molar-refractivity contribution in [2.24, 2.45) is 0 Å². The van der Waals surface area contributed by atoms with Gasteiger partial charge >= 0.3 is 0 Å². The number of aromatic nitrogens is 1. The van der Waals surface area contributed by atoms with Gasteiger partial charge in [-0.1, -0.05) is 11.6 Å². The van der Waals surface area contributed by atoms with Gasteiger partial charge < -0.3 is 4.52 Å². The highest BCUT2D eigenvalue weighted by Gasteiger charge is 2.22. The first-order valence-corrected chi connectivity index (χ1v) is 4.88. The van der Waals surface area contributed by atoms with Crippen molar-refractivity contribution < 1.29 is 4.52 Å². The SMILES string of the molecule is Cc1oncc1CN(C)C1CCC1. The Bertz CT molecular complexity index is 278. The van der Waals surface area contributed by atoms with Gasteiger partial charge in [-0.25, -0.2) is 0 Å². The van der Waals surface area contributed by atoms with Crippen molar-refractivity contribution in [1.82, 2.24) is 10.1 Å². The molecule has 2 rings (SSSR count). The summed E-state index contributed by atoms with van der Waals surface area (Å²) in [5.41, 5.74) is 1.22. The summed E-state index contributed by atoms with van der Waals surface area (Å²) in [6.45, 7) is 2.94. The van der Waals surface area contributed by atoms with Crippen molar-refractivity contribution in [2.45, 2.75) is 38.8 Å². The average molecular weight is 180 g/mol. The summed E-state index contributed by atoms with van der Waals surface area (Å²) in [6.07, 6.45) is 5.91. The quantitative estimate of drug-likeness (QED) is 0.712. The van der Waals surface area contributed by atoms with Crippen molar-refractivity contribution in [3.8, 4) is 0 Å². The van der Waals surface area contributed by atoms with Crippen LogP contribution in [0.15, 0.2) is 10.7 Å². The van der Waals surface area contributed by atoms with Gasteiger partial charge in [-0.3, -0.25) is 4.90 Å². The molecular formula is C10H16N2O. The standard InChI is InChI=1S/C10H16N2O/c1-8-9(6-11-13-8)7-12(2)10-4-3-5-10/h6,10H,3-5,7H2,1-2H3. The van der Waals surface area contributed by atoms with E-state index >= 15 is 0 Å². The zero-order valence-electron chi connectivity index (χ0n) is 8.29. The largest absolute Gasteiger partial charge is 0.361 e. The molecule has 0 radical (unpaired) electrons. The molecule has 0 unspecified atom stereocenters. The minimum atomic E-state index is 0.786. The third-order valence-corrected chi connectivity index (χ3v) is 2.97. The summed E-state index contributed by atoms with van der Waals surface area (Å²) in [6, 6.07) is 0.786. The molecular weight excluding hydrogens is 164 g/mol. The second-order valence-electron chi connectivity index (χ2n) is 3.91. The van der Waals surface area contributed by atoms with E-state index in [4.69, 9.17) is 4.52 Å². The molecule has 3 heteroatoms. The second-order valence-corrected chi connectivity index (χ2v) is 3.91. The van der Waals surface area contributed by atoms with Crippen LogP contribution in [0.1, 0.15) is 30.6 Å². The van der Waals surface area contributed by atoms with Crippen LogP contribution in [0.25, 0.3) is 0 Å². The average Bonchev–Trinajstić information content (AvgIpc) is 2.32. The first-order valence-electron chi connectivity index (χ1n) is 4.88. The van der Waals surface area contributed by atoms with E-state index in [0.29, 0.717) is 0 Å². The molecule has 0 aliphatic heterocycles. The molecule has 0 spiro atoms. The normalized spacial score (nSPS) is 17.8. The number of aryl methyl sites for hydroxylation is 1. The maximum absolute atomic E-state index is 5.02. The van der Waals surface area contributed by atoms with Crippen LogP contribution in [0.5, 0.6) is 0 Å². The van der Waals surface area contributed by atoms with Gasteiger partial charge in [0, 0.05) is 18.2 Å². The molecule has 72 valence electrons. The van der Waals surface area contributed by atoms with Gasteiger partial charge in [0.05, 0.1) is 6.20 Å². The summed E-state index contributed by atoms with van der Waals surface area (Å²) in [4.78, 5) is 2.39. The van der Waals surface area contributed by atoms with Crippen LogP contribution in [-0.4, -0.2) is 23.1 Å². The topological polar surface area (TPSA) is 29.3 Å². The summed E-state index contributed by atoms with van der Waals surface area (Å²) in [5.74, 6) is 0.950. The monoisotopic (exact) mass is 180 g/mol. The van der Waals surface area contributed by atoms with Gasteiger partial charge in [-0.2, -0.15) is 0 Å². The van der Waals surface area contributed by atoms with Crippen molar-refractivity contribution in [3.63, 3.8) is 0 Å². The van der Waals surface area contributed by atoms with Crippen LogP contribution < -0.4 is 0 Å². The van der Waals surface area contributed by atoms with Crippen LogP contribution >= 0.6 is 0 Å². The van der Waals surface area contributed by atoms with E-state index in [1.54, 1.807) is 0 Å². The molecule has 1 aromatic heterocycles. The van der Waals surface area contributed by atoms with Crippen LogP contribution in [0.4, 0.5) is 0 Å². The molecule has 0 bridgehead atoms. The Labute approximate surface area is 78.7 Å². The van der Waals surface area contributed by atoms with Crippen molar-refractivity contribution >= 4 is 0 Å². The summed E-state index contributed by atoms with van der Waals surface area (Å²) < 4.78 is 5.02. The lowest BCUT2D eigenvalue weighted by atomic mass is 9.91. The van der Waals surface area contributed by atoms with E-state index in [0.717, 1.165) is 18.3 Å². The zero-order valence-corrected chi connectivity index (χ0v) is 8.29. The minimum absolute atomic E-state index is 0.786. The Hall–Kier alpha value is -0.830. The molecule has 1 aromatic rings. The highest BCUT2D eigenvalue weighted by Crippen LogP contribution is 2.25. The van der Waals surface area contributed by atoms with Gasteiger partial charge in [0.2, 0.25) is 0 Å².